The van der Waals surface area contributed by atoms with Gasteiger partial charge in [0.2, 0.25) is 0 Å². The molecule has 3 aromatic heterocycles. The van der Waals surface area contributed by atoms with E-state index in [1.165, 1.54) is 44.2 Å². The molecule has 0 fully saturated rings. The van der Waals surface area contributed by atoms with E-state index in [1.54, 1.807) is 18.2 Å². The number of nitrogens with zero attached hydrogens (tertiary/aromatic N) is 5. The second kappa shape index (κ2) is 7.18. The van der Waals surface area contributed by atoms with Gasteiger partial charge in [-0.2, -0.15) is 9.36 Å². The Labute approximate surface area is 154 Å². The molecule has 0 aliphatic carbocycles. The molecule has 7 nitrogen and oxygen atoms in total. The molecule has 0 radical (unpaired) electrons. The highest BCUT2D eigenvalue weighted by atomic mass is 32.1. The molecular weight excluding hydrogens is 377 g/mol. The third kappa shape index (κ3) is 3.55. The SMILES string of the molecule is O=c1n(Cc2csc(COc3ccc(F)cc3)n2)nnn1-c1cccs1. The number of tetrazole rings is 1. The molecule has 0 bridgehead atoms. The number of halogens is 1. The van der Waals surface area contributed by atoms with Crippen LogP contribution in [0.15, 0.2) is 52.0 Å². The van der Waals surface area contributed by atoms with Crippen molar-refractivity contribution in [1.82, 2.24) is 24.8 Å². The number of hydrogen-bond acceptors (Lipinski definition) is 7. The lowest BCUT2D eigenvalue weighted by Gasteiger charge is -2.03. The number of thiazole rings is 1. The predicted molar refractivity (Wildman–Crippen MR) is 95.4 cm³/mol. The van der Waals surface area contributed by atoms with Gasteiger partial charge in [0.05, 0.1) is 12.2 Å². The van der Waals surface area contributed by atoms with Crippen molar-refractivity contribution in [2.24, 2.45) is 0 Å². The first-order chi connectivity index (χ1) is 12.7. The molecule has 0 aliphatic rings. The molecule has 0 aliphatic heterocycles. The van der Waals surface area contributed by atoms with Gasteiger partial charge in [0.1, 0.15) is 28.2 Å². The van der Waals surface area contributed by atoms with Crippen LogP contribution in [0.3, 0.4) is 0 Å². The zero-order valence-electron chi connectivity index (χ0n) is 13.3. The van der Waals surface area contributed by atoms with Crippen LogP contribution in [0, 0.1) is 5.82 Å². The second-order valence-electron chi connectivity index (χ2n) is 5.26. The van der Waals surface area contributed by atoms with E-state index in [9.17, 15) is 9.18 Å². The standard InChI is InChI=1S/C16H12FN5O2S2/c17-11-3-5-13(6-4-11)24-9-14-18-12(10-26-14)8-21-16(23)22(20-19-21)15-2-1-7-25-15/h1-7,10H,8-9H2. The van der Waals surface area contributed by atoms with Gasteiger partial charge < -0.3 is 4.74 Å². The summed E-state index contributed by atoms with van der Waals surface area (Å²) < 4.78 is 21.0. The number of ether oxygens (including phenoxy) is 1. The monoisotopic (exact) mass is 389 g/mol. The van der Waals surface area contributed by atoms with E-state index in [4.69, 9.17) is 4.74 Å². The molecule has 26 heavy (non-hydrogen) atoms. The average molecular weight is 389 g/mol. The number of benzene rings is 1. The summed E-state index contributed by atoms with van der Waals surface area (Å²) in [5.74, 6) is 0.258. The van der Waals surface area contributed by atoms with Gasteiger partial charge in [-0.25, -0.2) is 14.2 Å². The van der Waals surface area contributed by atoms with Crippen LogP contribution >= 0.6 is 22.7 Å². The Bertz CT molecular complexity index is 1050. The maximum atomic E-state index is 12.9. The first-order valence-electron chi connectivity index (χ1n) is 7.57. The van der Waals surface area contributed by atoms with Crippen LogP contribution in [0.5, 0.6) is 5.75 Å². The van der Waals surface area contributed by atoms with E-state index in [2.05, 4.69) is 15.4 Å². The number of hydrogen-bond donors (Lipinski definition) is 0. The molecule has 0 spiro atoms. The van der Waals surface area contributed by atoms with Crippen molar-refractivity contribution in [2.45, 2.75) is 13.2 Å². The largest absolute Gasteiger partial charge is 0.486 e. The predicted octanol–water partition coefficient (Wildman–Crippen LogP) is 2.71. The fourth-order valence-electron chi connectivity index (χ4n) is 2.22. The van der Waals surface area contributed by atoms with Gasteiger partial charge in [-0.15, -0.1) is 22.7 Å². The van der Waals surface area contributed by atoms with Gasteiger partial charge >= 0.3 is 5.69 Å². The van der Waals surface area contributed by atoms with E-state index in [-0.39, 0.29) is 24.7 Å². The third-order valence-electron chi connectivity index (χ3n) is 3.44. The molecule has 132 valence electrons. The molecule has 1 aromatic carbocycles. The average Bonchev–Trinajstić information content (AvgIpc) is 3.38. The molecule has 4 aromatic rings. The zero-order chi connectivity index (χ0) is 17.9. The smallest absolute Gasteiger partial charge is 0.369 e. The van der Waals surface area contributed by atoms with E-state index in [1.807, 2.05) is 16.8 Å². The van der Waals surface area contributed by atoms with Crippen LogP contribution in [-0.4, -0.2) is 24.8 Å². The molecule has 0 saturated carbocycles. The van der Waals surface area contributed by atoms with Gasteiger partial charge in [-0.1, -0.05) is 0 Å². The number of aromatic nitrogens is 5. The summed E-state index contributed by atoms with van der Waals surface area (Å²) >= 11 is 2.84. The van der Waals surface area contributed by atoms with Crippen molar-refractivity contribution in [3.8, 4) is 10.8 Å². The van der Waals surface area contributed by atoms with Crippen LogP contribution in [0.1, 0.15) is 10.7 Å². The molecule has 0 unspecified atom stereocenters. The molecule has 4 rings (SSSR count). The number of rotatable bonds is 6. The van der Waals surface area contributed by atoms with Crippen LogP contribution in [0.2, 0.25) is 0 Å². The lowest BCUT2D eigenvalue weighted by molar-refractivity contribution is 0.304. The second-order valence-corrected chi connectivity index (χ2v) is 7.13. The summed E-state index contributed by atoms with van der Waals surface area (Å²) in [7, 11) is 0. The molecule has 0 saturated heterocycles. The van der Waals surface area contributed by atoms with Crippen molar-refractivity contribution in [3.63, 3.8) is 0 Å². The highest BCUT2D eigenvalue weighted by molar-refractivity contribution is 7.12. The topological polar surface area (TPSA) is 74.8 Å². The Morgan fingerprint density at radius 3 is 2.73 bits per heavy atom. The van der Waals surface area contributed by atoms with Crippen molar-refractivity contribution in [2.75, 3.05) is 0 Å². The molecule has 10 heteroatoms. The highest BCUT2D eigenvalue weighted by Gasteiger charge is 2.12. The summed E-state index contributed by atoms with van der Waals surface area (Å²) in [6.07, 6.45) is 0. The summed E-state index contributed by atoms with van der Waals surface area (Å²) in [6, 6.07) is 9.45. The van der Waals surface area contributed by atoms with Crippen molar-refractivity contribution >= 4 is 22.7 Å². The fraction of sp³-hybridized carbons (Fsp3) is 0.125. The zero-order valence-corrected chi connectivity index (χ0v) is 14.9. The van der Waals surface area contributed by atoms with Crippen molar-refractivity contribution < 1.29 is 9.13 Å². The summed E-state index contributed by atoms with van der Waals surface area (Å²) in [6.45, 7) is 0.504. The third-order valence-corrected chi connectivity index (χ3v) is 5.16. The highest BCUT2D eigenvalue weighted by Crippen LogP contribution is 2.16. The Kier molecular flexibility index (Phi) is 4.59. The summed E-state index contributed by atoms with van der Waals surface area (Å²) in [5.41, 5.74) is 0.387. The van der Waals surface area contributed by atoms with Crippen LogP contribution in [0.4, 0.5) is 4.39 Å². The van der Waals surface area contributed by atoms with Crippen LogP contribution in [0.25, 0.3) is 5.00 Å². The minimum atomic E-state index is -0.315. The Morgan fingerprint density at radius 1 is 1.12 bits per heavy atom. The molecule has 0 N–H and O–H groups in total. The van der Waals surface area contributed by atoms with Gasteiger partial charge in [-0.05, 0) is 52.2 Å². The first-order valence-corrected chi connectivity index (χ1v) is 9.33. The minimum Gasteiger partial charge on any atom is -0.486 e. The van der Waals surface area contributed by atoms with Crippen molar-refractivity contribution in [3.05, 3.63) is 74.2 Å². The first kappa shape index (κ1) is 16.6. The normalized spacial score (nSPS) is 11.0. The minimum absolute atomic E-state index is 0.233. The maximum Gasteiger partial charge on any atom is 0.369 e. The molecule has 0 amide bonds. The van der Waals surface area contributed by atoms with Gasteiger partial charge in [-0.3, -0.25) is 0 Å². The van der Waals surface area contributed by atoms with E-state index in [0.717, 1.165) is 5.01 Å². The Hall–Kier alpha value is -2.85. The molecule has 3 heterocycles. The van der Waals surface area contributed by atoms with Gasteiger partial charge in [0, 0.05) is 5.38 Å². The van der Waals surface area contributed by atoms with E-state index in [0.29, 0.717) is 16.4 Å². The fourth-order valence-corrected chi connectivity index (χ4v) is 3.58. The molecular formula is C16H12FN5O2S2. The van der Waals surface area contributed by atoms with Gasteiger partial charge in [0.15, 0.2) is 0 Å². The van der Waals surface area contributed by atoms with E-state index < -0.39 is 0 Å². The number of thiophene rings is 1. The summed E-state index contributed by atoms with van der Waals surface area (Å²) in [5, 5.41) is 13.0. The van der Waals surface area contributed by atoms with Crippen LogP contribution in [-0.2, 0) is 13.2 Å². The van der Waals surface area contributed by atoms with Gasteiger partial charge in [0.25, 0.3) is 0 Å². The van der Waals surface area contributed by atoms with Crippen LogP contribution < -0.4 is 10.4 Å². The quantitative estimate of drug-likeness (QED) is 0.507. The lowest BCUT2D eigenvalue weighted by atomic mass is 10.3. The summed E-state index contributed by atoms with van der Waals surface area (Å²) in [4.78, 5) is 16.8. The Balaban J connectivity index is 1.42. The lowest BCUT2D eigenvalue weighted by Crippen LogP contribution is -2.24. The maximum absolute atomic E-state index is 12.9. The van der Waals surface area contributed by atoms with E-state index >= 15 is 0 Å². The molecule has 0 atom stereocenters. The Morgan fingerprint density at radius 2 is 1.96 bits per heavy atom. The van der Waals surface area contributed by atoms with Crippen molar-refractivity contribution in [1.29, 1.82) is 0 Å².